The Morgan fingerprint density at radius 1 is 1.54 bits per heavy atom. The molecule has 1 aliphatic heterocycles. The summed E-state index contributed by atoms with van der Waals surface area (Å²) in [5, 5.41) is 8.36. The van der Waals surface area contributed by atoms with Crippen LogP contribution in [0.15, 0.2) is 0 Å². The highest BCUT2D eigenvalue weighted by Crippen LogP contribution is 2.08. The molecule has 1 rings (SSSR count). The summed E-state index contributed by atoms with van der Waals surface area (Å²) in [6.45, 7) is 2.14. The molecule has 0 aromatic heterocycles. The van der Waals surface area contributed by atoms with Gasteiger partial charge in [0, 0.05) is 19.6 Å². The second-order valence-electron chi connectivity index (χ2n) is 3.21. The molecule has 0 bridgehead atoms. The number of hydrogen-bond donors (Lipinski definition) is 1. The summed E-state index contributed by atoms with van der Waals surface area (Å²) >= 11 is 0. The van der Waals surface area contributed by atoms with Crippen molar-refractivity contribution >= 4 is 5.97 Å². The first-order valence-electron chi connectivity index (χ1n) is 4.70. The topological polar surface area (TPSA) is 55.8 Å². The third kappa shape index (κ3) is 4.85. The molecule has 1 aliphatic rings. The fourth-order valence-electron chi connectivity index (χ4n) is 1.27. The lowest BCUT2D eigenvalue weighted by molar-refractivity contribution is -0.137. The van der Waals surface area contributed by atoms with E-state index in [2.05, 4.69) is 0 Å². The van der Waals surface area contributed by atoms with Gasteiger partial charge in [-0.1, -0.05) is 0 Å². The van der Waals surface area contributed by atoms with E-state index in [0.29, 0.717) is 19.6 Å². The molecule has 0 spiro atoms. The van der Waals surface area contributed by atoms with Crippen LogP contribution in [0.1, 0.15) is 25.7 Å². The molecule has 0 aromatic carbocycles. The Labute approximate surface area is 77.8 Å². The van der Waals surface area contributed by atoms with Gasteiger partial charge in [-0.2, -0.15) is 0 Å². The van der Waals surface area contributed by atoms with Crippen LogP contribution in [0.25, 0.3) is 0 Å². The highest BCUT2D eigenvalue weighted by Gasteiger charge is 2.15. The average Bonchev–Trinajstić information content (AvgIpc) is 2.55. The highest BCUT2D eigenvalue weighted by molar-refractivity contribution is 5.66. The molecule has 4 heteroatoms. The Hall–Kier alpha value is -0.610. The summed E-state index contributed by atoms with van der Waals surface area (Å²) in [7, 11) is 0. The normalized spacial score (nSPS) is 22.0. The van der Waals surface area contributed by atoms with Crippen molar-refractivity contribution in [3.63, 3.8) is 0 Å². The van der Waals surface area contributed by atoms with Crippen molar-refractivity contribution in [1.82, 2.24) is 0 Å². The van der Waals surface area contributed by atoms with Gasteiger partial charge in [-0.3, -0.25) is 4.79 Å². The molecule has 0 aliphatic carbocycles. The van der Waals surface area contributed by atoms with Crippen molar-refractivity contribution in [1.29, 1.82) is 0 Å². The molecule has 13 heavy (non-hydrogen) atoms. The van der Waals surface area contributed by atoms with Gasteiger partial charge in [-0.25, -0.2) is 0 Å². The van der Waals surface area contributed by atoms with E-state index in [1.54, 1.807) is 0 Å². The van der Waals surface area contributed by atoms with E-state index < -0.39 is 5.97 Å². The van der Waals surface area contributed by atoms with Gasteiger partial charge in [0.2, 0.25) is 0 Å². The molecule has 76 valence electrons. The largest absolute Gasteiger partial charge is 0.481 e. The average molecular weight is 188 g/mol. The number of carbonyl (C=O) groups is 1. The van der Waals surface area contributed by atoms with Gasteiger partial charge in [0.05, 0.1) is 12.7 Å². The molecule has 1 fully saturated rings. The van der Waals surface area contributed by atoms with Crippen molar-refractivity contribution in [2.75, 3.05) is 19.8 Å². The summed E-state index contributed by atoms with van der Waals surface area (Å²) in [5.74, 6) is -0.732. The second kappa shape index (κ2) is 5.94. The molecule has 1 heterocycles. The molecule has 0 amide bonds. The van der Waals surface area contributed by atoms with E-state index in [1.807, 2.05) is 0 Å². The van der Waals surface area contributed by atoms with Crippen LogP contribution in [0.3, 0.4) is 0 Å². The summed E-state index contributed by atoms with van der Waals surface area (Å²) in [6.07, 6.45) is 2.97. The van der Waals surface area contributed by atoms with Crippen LogP contribution in [-0.4, -0.2) is 37.0 Å². The quantitative estimate of drug-likeness (QED) is 0.633. The van der Waals surface area contributed by atoms with Crippen molar-refractivity contribution < 1.29 is 19.4 Å². The number of unbranched alkanes of at least 4 members (excludes halogenated alkanes) is 1. The molecular formula is C9H16O4. The van der Waals surface area contributed by atoms with Crippen LogP contribution in [0, 0.1) is 0 Å². The Balaban J connectivity index is 1.86. The zero-order valence-electron chi connectivity index (χ0n) is 7.70. The van der Waals surface area contributed by atoms with E-state index in [9.17, 15) is 4.79 Å². The van der Waals surface area contributed by atoms with Gasteiger partial charge in [0.25, 0.3) is 0 Å². The Kier molecular flexibility index (Phi) is 4.78. The molecule has 1 saturated heterocycles. The first kappa shape index (κ1) is 10.5. The van der Waals surface area contributed by atoms with E-state index in [1.165, 1.54) is 0 Å². The molecular weight excluding hydrogens is 172 g/mol. The maximum Gasteiger partial charge on any atom is 0.303 e. The van der Waals surface area contributed by atoms with Gasteiger partial charge >= 0.3 is 5.97 Å². The Bertz CT molecular complexity index is 152. The third-order valence-electron chi connectivity index (χ3n) is 2.03. The maximum absolute atomic E-state index is 10.2. The van der Waals surface area contributed by atoms with Crippen LogP contribution < -0.4 is 0 Å². The number of carboxylic acid groups (broad SMARTS) is 1. The van der Waals surface area contributed by atoms with Crippen molar-refractivity contribution in [3.05, 3.63) is 0 Å². The van der Waals surface area contributed by atoms with E-state index in [4.69, 9.17) is 14.6 Å². The molecule has 1 unspecified atom stereocenters. The predicted molar refractivity (Wildman–Crippen MR) is 46.7 cm³/mol. The summed E-state index contributed by atoms with van der Waals surface area (Å²) in [4.78, 5) is 10.2. The summed E-state index contributed by atoms with van der Waals surface area (Å²) < 4.78 is 10.6. The van der Waals surface area contributed by atoms with E-state index in [0.717, 1.165) is 19.4 Å². The maximum atomic E-state index is 10.2. The minimum Gasteiger partial charge on any atom is -0.481 e. The monoisotopic (exact) mass is 188 g/mol. The molecule has 0 saturated carbocycles. The summed E-state index contributed by atoms with van der Waals surface area (Å²) in [6, 6.07) is 0. The molecule has 0 radical (unpaired) electrons. The SMILES string of the molecule is O=C(O)CCCCOC1CCOC1. The first-order valence-corrected chi connectivity index (χ1v) is 4.70. The van der Waals surface area contributed by atoms with Crippen LogP contribution in [0.4, 0.5) is 0 Å². The minimum atomic E-state index is -0.732. The highest BCUT2D eigenvalue weighted by atomic mass is 16.5. The van der Waals surface area contributed by atoms with Crippen molar-refractivity contribution in [3.8, 4) is 0 Å². The third-order valence-corrected chi connectivity index (χ3v) is 2.03. The van der Waals surface area contributed by atoms with E-state index in [-0.39, 0.29) is 12.5 Å². The Morgan fingerprint density at radius 2 is 2.38 bits per heavy atom. The van der Waals surface area contributed by atoms with Crippen LogP contribution in [-0.2, 0) is 14.3 Å². The van der Waals surface area contributed by atoms with Crippen molar-refractivity contribution in [2.24, 2.45) is 0 Å². The van der Waals surface area contributed by atoms with Gasteiger partial charge < -0.3 is 14.6 Å². The number of aliphatic carboxylic acids is 1. The number of hydrogen-bond acceptors (Lipinski definition) is 3. The number of ether oxygens (including phenoxy) is 2. The molecule has 1 N–H and O–H groups in total. The fourth-order valence-corrected chi connectivity index (χ4v) is 1.27. The van der Waals surface area contributed by atoms with Gasteiger partial charge in [0.1, 0.15) is 0 Å². The lowest BCUT2D eigenvalue weighted by Gasteiger charge is -2.08. The van der Waals surface area contributed by atoms with Crippen LogP contribution >= 0.6 is 0 Å². The second-order valence-corrected chi connectivity index (χ2v) is 3.21. The zero-order valence-corrected chi connectivity index (χ0v) is 7.70. The summed E-state index contributed by atoms with van der Waals surface area (Å²) in [5.41, 5.74) is 0. The standard InChI is InChI=1S/C9H16O4/c10-9(11)3-1-2-5-13-8-4-6-12-7-8/h8H,1-7H2,(H,10,11). The lowest BCUT2D eigenvalue weighted by atomic mass is 10.2. The first-order chi connectivity index (χ1) is 6.29. The van der Waals surface area contributed by atoms with Crippen LogP contribution in [0.5, 0.6) is 0 Å². The number of carboxylic acids is 1. The minimum absolute atomic E-state index is 0.241. The molecule has 1 atom stereocenters. The smallest absolute Gasteiger partial charge is 0.303 e. The Morgan fingerprint density at radius 3 is 3.00 bits per heavy atom. The van der Waals surface area contributed by atoms with Gasteiger partial charge in [-0.05, 0) is 19.3 Å². The van der Waals surface area contributed by atoms with E-state index >= 15 is 0 Å². The van der Waals surface area contributed by atoms with Crippen LogP contribution in [0.2, 0.25) is 0 Å². The predicted octanol–water partition coefficient (Wildman–Crippen LogP) is 1.05. The molecule has 0 aromatic rings. The lowest BCUT2D eigenvalue weighted by Crippen LogP contribution is -2.13. The van der Waals surface area contributed by atoms with Crippen molar-refractivity contribution in [2.45, 2.75) is 31.8 Å². The zero-order chi connectivity index (χ0) is 9.52. The van der Waals surface area contributed by atoms with Gasteiger partial charge in [0.15, 0.2) is 0 Å². The fraction of sp³-hybridized carbons (Fsp3) is 0.889. The molecule has 4 nitrogen and oxygen atoms in total. The number of rotatable bonds is 6. The van der Waals surface area contributed by atoms with Gasteiger partial charge in [-0.15, -0.1) is 0 Å².